The molecule has 0 unspecified atom stereocenters. The average molecular weight is 1350 g/mol. The normalized spacial score (nSPS) is 9.47. The number of aliphatic hydroxyl groups excluding tert-OH is 4. The van der Waals surface area contributed by atoms with E-state index in [1.807, 2.05) is 23.9 Å². The van der Waals surface area contributed by atoms with Gasteiger partial charge in [-0.3, -0.25) is 40.6 Å². The van der Waals surface area contributed by atoms with Crippen LogP contribution in [0, 0.1) is 0 Å². The molecule has 0 aromatic heterocycles. The Morgan fingerprint density at radius 1 is 0.242 bits per heavy atom. The first-order valence-corrected chi connectivity index (χ1v) is 25.7. The molecule has 0 saturated carbocycles. The quantitative estimate of drug-likeness (QED) is 0.0122. The molecule has 0 fully saturated rings. The van der Waals surface area contributed by atoms with E-state index >= 15 is 0 Å². The van der Waals surface area contributed by atoms with Crippen LogP contribution in [0.1, 0.15) is 119 Å². The second-order valence-corrected chi connectivity index (χ2v) is 16.5. The van der Waals surface area contributed by atoms with Gasteiger partial charge in [-0.2, -0.15) is 0 Å². The number of hydrogen-bond acceptors (Lipinski definition) is 25. The van der Waals surface area contributed by atoms with Gasteiger partial charge in [0.05, 0.1) is 118 Å². The molecule has 0 aromatic rings. The van der Waals surface area contributed by atoms with Crippen LogP contribution >= 0.6 is 0 Å². The van der Waals surface area contributed by atoms with Crippen LogP contribution in [-0.4, -0.2) is 358 Å². The Kier molecular flexibility index (Phi) is 205. The van der Waals surface area contributed by atoms with E-state index in [0.29, 0.717) is 131 Å². The zero-order chi connectivity index (χ0) is 57.6. The van der Waals surface area contributed by atoms with Crippen molar-refractivity contribution in [2.75, 3.05) is 265 Å². The van der Waals surface area contributed by atoms with Crippen LogP contribution < -0.4 is 0 Å². The van der Waals surface area contributed by atoms with Crippen molar-refractivity contribution in [1.29, 1.82) is 0 Å². The van der Waals surface area contributed by atoms with E-state index in [2.05, 4.69) is 116 Å². The molecule has 0 aliphatic carbocycles. The van der Waals surface area contributed by atoms with Gasteiger partial charge in [0, 0.05) is 131 Å². The first-order valence-electron chi connectivity index (χ1n) is 25.7. The van der Waals surface area contributed by atoms with Gasteiger partial charge in [-0.25, -0.2) is 19.6 Å². The van der Waals surface area contributed by atoms with Crippen LogP contribution in [0.15, 0.2) is 52.6 Å². The maximum absolute atomic E-state index is 9.20. The van der Waals surface area contributed by atoms with Crippen molar-refractivity contribution in [3.63, 3.8) is 0 Å². The van der Waals surface area contributed by atoms with Crippen LogP contribution in [0.2, 0.25) is 0 Å². The lowest BCUT2D eigenvalue weighted by atomic mass is 10.2. The summed E-state index contributed by atoms with van der Waals surface area (Å²) < 4.78 is 29.5. The van der Waals surface area contributed by atoms with Crippen molar-refractivity contribution in [2.45, 2.75) is 131 Å². The minimum atomic E-state index is -0.250. The Morgan fingerprint density at radius 3 is 0.538 bits per heavy atom. The predicted octanol–water partition coefficient (Wildman–Crippen LogP) is 10.1. The molecule has 0 atom stereocenters. The summed E-state index contributed by atoms with van der Waals surface area (Å²) in [6.07, 6.45) is -0.482. The van der Waals surface area contributed by atoms with Crippen LogP contribution in [0.4, 0.5) is 0 Å². The van der Waals surface area contributed by atoms with Crippen molar-refractivity contribution >= 4 is 0 Å². The number of rotatable bonds is 54. The summed E-state index contributed by atoms with van der Waals surface area (Å²) in [6.45, 7) is 39.4. The lowest BCUT2D eigenvalue weighted by Gasteiger charge is -2.36. The molecule has 0 saturated heterocycles. The van der Waals surface area contributed by atoms with Gasteiger partial charge in [-0.05, 0) is 28.2 Å². The number of likely N-dealkylation sites (N-methyl/N-ethyl adjacent to an activating group) is 4. The summed E-state index contributed by atoms with van der Waals surface area (Å²) in [6, 6.07) is 0. The molecule has 580 valence electrons. The smallest absolute Gasteiger partial charge is 0.0946 e. The molecule has 0 amide bonds. The lowest BCUT2D eigenvalue weighted by Crippen LogP contribution is -2.49. The molecule has 0 aliphatic rings. The van der Waals surface area contributed by atoms with E-state index in [1.54, 1.807) is 0 Å². The molecule has 0 bridgehead atoms. The van der Waals surface area contributed by atoms with Crippen LogP contribution in [0.3, 0.4) is 0 Å². The number of hydrogen-bond donors (Lipinski definition) is 8. The van der Waals surface area contributed by atoms with Gasteiger partial charge in [-0.15, -0.1) is 52.6 Å². The van der Waals surface area contributed by atoms with Gasteiger partial charge >= 0.3 is 0 Å². The van der Waals surface area contributed by atoms with Crippen molar-refractivity contribution in [2.24, 2.45) is 0 Å². The first-order chi connectivity index (χ1) is 36.6. The fourth-order valence-electron chi connectivity index (χ4n) is 7.03. The van der Waals surface area contributed by atoms with E-state index in [1.165, 1.54) is 0 Å². The third-order valence-corrected chi connectivity index (χ3v) is 10.8. The number of aliphatic hydroxyl groups is 4. The van der Waals surface area contributed by atoms with Crippen molar-refractivity contribution in [3.8, 4) is 0 Å². The standard InChI is InChI=1S/C42H94N8O17.4C2H4.16CH4/c1-43(5-9-47(13-25-59-33-21-51)14-26-60-34-22-52)37-41(38-44(2)6-10-48(15-27-61-35-23-53)16-28-62-36-24-54)67-42(39-45(3)7-11-49(17-29-63-55)18-30-64-56)40-46(4)8-12-50(19-31-65-57)20-32-66-58;4*1-2;;;;;;;;;;;;;;;;/h41-42,51-58H,5-40H2,1-4H3;4*1-2H2;16*1H4. The molecule has 0 aliphatic heterocycles. The summed E-state index contributed by atoms with van der Waals surface area (Å²) in [5.74, 6) is 0. The zero-order valence-corrected chi connectivity index (χ0v) is 47.1. The van der Waals surface area contributed by atoms with E-state index < -0.39 is 0 Å². The molecular weight excluding hydrogens is 1180 g/mol. The highest BCUT2D eigenvalue weighted by Crippen LogP contribution is 2.09. The molecule has 0 rings (SSSR count). The minimum Gasteiger partial charge on any atom is -0.394 e. The van der Waals surface area contributed by atoms with E-state index in [0.717, 1.165) is 26.2 Å². The molecule has 8 N–H and O–H groups in total. The molecule has 91 heavy (non-hydrogen) atoms. The second-order valence-electron chi connectivity index (χ2n) is 16.5. The monoisotopic (exact) mass is 1350 g/mol. The summed E-state index contributed by atoms with van der Waals surface area (Å²) in [5, 5.41) is 72.7. The molecule has 25 nitrogen and oxygen atoms in total. The van der Waals surface area contributed by atoms with Gasteiger partial charge in [0.1, 0.15) is 0 Å². The Balaban J connectivity index is -0.000000103. The molecule has 0 heterocycles. The van der Waals surface area contributed by atoms with E-state index in [9.17, 15) is 20.4 Å². The fraction of sp³-hybridized carbons (Fsp3) is 0.879. The van der Waals surface area contributed by atoms with Gasteiger partial charge in [0.2, 0.25) is 0 Å². The SMILES string of the molecule is C.C.C.C.C.C.C.C.C.C.C.C.C.C.C.C.C=C.C=C.C=C.C=C.CN(CCN(CCOO)CCOO)CC(CN(C)CCN(CCOO)CCOO)OC(CN(C)CCN(CCOCCO)CCOCCO)CN(C)CCN(CCOCCO)CCOCCO. The highest BCUT2D eigenvalue weighted by Gasteiger charge is 2.24. The van der Waals surface area contributed by atoms with Crippen molar-refractivity contribution in [3.05, 3.63) is 52.6 Å². The van der Waals surface area contributed by atoms with Gasteiger partial charge in [0.25, 0.3) is 0 Å². The van der Waals surface area contributed by atoms with Gasteiger partial charge in [0.15, 0.2) is 0 Å². The first kappa shape index (κ1) is 149. The maximum Gasteiger partial charge on any atom is 0.0946 e. The summed E-state index contributed by atoms with van der Waals surface area (Å²) in [5.41, 5.74) is 0. The second kappa shape index (κ2) is 125. The van der Waals surface area contributed by atoms with Gasteiger partial charge < -0.3 is 63.7 Å². The molecule has 0 aromatic carbocycles. The largest absolute Gasteiger partial charge is 0.394 e. The summed E-state index contributed by atoms with van der Waals surface area (Å²) in [4.78, 5) is 34.8. The summed E-state index contributed by atoms with van der Waals surface area (Å²) >= 11 is 0. The Labute approximate surface area is 570 Å². The topological polar surface area (TPSA) is 271 Å². The lowest BCUT2D eigenvalue weighted by molar-refractivity contribution is -0.251. The van der Waals surface area contributed by atoms with Crippen molar-refractivity contribution < 1.29 is 84.7 Å². The zero-order valence-electron chi connectivity index (χ0n) is 47.1. The average Bonchev–Trinajstić information content (AvgIpc) is 3.43. The van der Waals surface area contributed by atoms with Crippen LogP contribution in [0.25, 0.3) is 0 Å². The highest BCUT2D eigenvalue weighted by molar-refractivity contribution is 4.77. The summed E-state index contributed by atoms with van der Waals surface area (Å²) in [7, 11) is 8.22. The molecule has 25 heteroatoms. The van der Waals surface area contributed by atoms with Crippen LogP contribution in [-0.2, 0) is 43.2 Å². The fourth-order valence-corrected chi connectivity index (χ4v) is 7.03. The Morgan fingerprint density at radius 2 is 0.396 bits per heavy atom. The Hall–Kier alpha value is -2.04. The highest BCUT2D eigenvalue weighted by atomic mass is 17.1. The minimum absolute atomic E-state index is 0. The van der Waals surface area contributed by atoms with Gasteiger partial charge in [-0.1, -0.05) is 119 Å². The molecular formula is C66H174N8O17. The van der Waals surface area contributed by atoms with Crippen LogP contribution in [0.5, 0.6) is 0 Å². The Bertz CT molecular complexity index is 976. The third kappa shape index (κ3) is 107. The third-order valence-electron chi connectivity index (χ3n) is 10.8. The van der Waals surface area contributed by atoms with E-state index in [-0.39, 0.29) is 210 Å². The van der Waals surface area contributed by atoms with Crippen molar-refractivity contribution in [1.82, 2.24) is 39.2 Å². The predicted molar refractivity (Wildman–Crippen MR) is 403 cm³/mol. The maximum atomic E-state index is 9.20. The number of nitrogens with zero attached hydrogens (tertiary/aromatic N) is 8. The number of ether oxygens (including phenoxy) is 5. The van der Waals surface area contributed by atoms with E-state index in [4.69, 9.17) is 44.7 Å². The molecule has 0 spiro atoms. The molecule has 0 radical (unpaired) electrons.